The molecule has 0 radical (unpaired) electrons. The fraction of sp³-hybridized carbons (Fsp3) is 0.200. The number of nitrogens with zero attached hydrogens (tertiary/aromatic N) is 1. The summed E-state index contributed by atoms with van der Waals surface area (Å²) in [5.41, 5.74) is 3.97. The summed E-state index contributed by atoms with van der Waals surface area (Å²) in [4.78, 5) is 2.12. The van der Waals surface area contributed by atoms with Crippen LogP contribution in [0.1, 0.15) is 11.1 Å². The summed E-state index contributed by atoms with van der Waals surface area (Å²) in [6.07, 6.45) is 1.00. The van der Waals surface area contributed by atoms with E-state index in [4.69, 9.17) is 0 Å². The summed E-state index contributed by atoms with van der Waals surface area (Å²) in [7, 11) is 4.13. The van der Waals surface area contributed by atoms with Crippen LogP contribution in [0.5, 0.6) is 0 Å². The Morgan fingerprint density at radius 1 is 0.824 bits per heavy atom. The number of halogens is 1. The molecule has 1 nitrogen and oxygen atoms in total. The Morgan fingerprint density at radius 3 is 1.76 bits per heavy atom. The second-order valence-corrected chi connectivity index (χ2v) is 5.61. The standard InChI is InChI=1S/C15H16IN/c1-17(2)15-9-5-13(6-10-15)11-12-3-7-14(16)8-4-12/h3-10H,11H2,1-2H3. The van der Waals surface area contributed by atoms with Crippen molar-refractivity contribution in [2.45, 2.75) is 6.42 Å². The van der Waals surface area contributed by atoms with Crippen molar-refractivity contribution in [2.75, 3.05) is 19.0 Å². The molecule has 0 bridgehead atoms. The van der Waals surface area contributed by atoms with Crippen molar-refractivity contribution in [2.24, 2.45) is 0 Å². The molecule has 0 atom stereocenters. The van der Waals surface area contributed by atoms with Crippen LogP contribution in [0.15, 0.2) is 48.5 Å². The van der Waals surface area contributed by atoms with Crippen LogP contribution in [0.2, 0.25) is 0 Å². The quantitative estimate of drug-likeness (QED) is 0.767. The maximum atomic E-state index is 2.33. The fourth-order valence-corrected chi connectivity index (χ4v) is 2.11. The molecule has 0 aliphatic rings. The van der Waals surface area contributed by atoms with Crippen molar-refractivity contribution < 1.29 is 0 Å². The molecule has 0 heterocycles. The van der Waals surface area contributed by atoms with Crippen LogP contribution in [0.3, 0.4) is 0 Å². The van der Waals surface area contributed by atoms with Gasteiger partial charge in [0.1, 0.15) is 0 Å². The van der Waals surface area contributed by atoms with E-state index in [2.05, 4.69) is 90.1 Å². The van der Waals surface area contributed by atoms with E-state index >= 15 is 0 Å². The van der Waals surface area contributed by atoms with Crippen LogP contribution in [-0.4, -0.2) is 14.1 Å². The summed E-state index contributed by atoms with van der Waals surface area (Å²) in [6, 6.07) is 17.4. The molecule has 0 saturated heterocycles. The highest BCUT2D eigenvalue weighted by atomic mass is 127. The van der Waals surface area contributed by atoms with Gasteiger partial charge in [-0.15, -0.1) is 0 Å². The lowest BCUT2D eigenvalue weighted by atomic mass is 10.0. The largest absolute Gasteiger partial charge is 0.378 e. The van der Waals surface area contributed by atoms with Gasteiger partial charge in [0, 0.05) is 23.4 Å². The molecular formula is C15H16IN. The van der Waals surface area contributed by atoms with Gasteiger partial charge in [-0.25, -0.2) is 0 Å². The third kappa shape index (κ3) is 3.46. The molecule has 0 aliphatic carbocycles. The van der Waals surface area contributed by atoms with Crippen molar-refractivity contribution in [3.05, 3.63) is 63.2 Å². The lowest BCUT2D eigenvalue weighted by molar-refractivity contribution is 1.12. The number of hydrogen-bond donors (Lipinski definition) is 0. The molecule has 0 aliphatic heterocycles. The zero-order valence-corrected chi connectivity index (χ0v) is 12.3. The van der Waals surface area contributed by atoms with Gasteiger partial charge in [0.15, 0.2) is 0 Å². The van der Waals surface area contributed by atoms with Gasteiger partial charge in [-0.05, 0) is 64.4 Å². The van der Waals surface area contributed by atoms with Crippen LogP contribution in [0, 0.1) is 3.57 Å². The summed E-state index contributed by atoms with van der Waals surface area (Å²) < 4.78 is 1.29. The molecule has 2 heteroatoms. The normalized spacial score (nSPS) is 10.3. The Balaban J connectivity index is 2.11. The van der Waals surface area contributed by atoms with Crippen molar-refractivity contribution in [1.29, 1.82) is 0 Å². The molecule has 0 spiro atoms. The highest BCUT2D eigenvalue weighted by Crippen LogP contribution is 2.16. The van der Waals surface area contributed by atoms with Crippen molar-refractivity contribution in [1.82, 2.24) is 0 Å². The first-order valence-corrected chi connectivity index (χ1v) is 6.74. The van der Waals surface area contributed by atoms with Gasteiger partial charge in [0.05, 0.1) is 0 Å². The smallest absolute Gasteiger partial charge is 0.0361 e. The Labute approximate surface area is 117 Å². The van der Waals surface area contributed by atoms with E-state index in [-0.39, 0.29) is 0 Å². The summed E-state index contributed by atoms with van der Waals surface area (Å²) >= 11 is 2.33. The monoisotopic (exact) mass is 337 g/mol. The predicted octanol–water partition coefficient (Wildman–Crippen LogP) is 3.95. The predicted molar refractivity (Wildman–Crippen MR) is 82.7 cm³/mol. The van der Waals surface area contributed by atoms with Gasteiger partial charge < -0.3 is 4.90 Å². The lowest BCUT2D eigenvalue weighted by Gasteiger charge is -2.12. The van der Waals surface area contributed by atoms with Crippen molar-refractivity contribution in [3.8, 4) is 0 Å². The molecule has 88 valence electrons. The van der Waals surface area contributed by atoms with Gasteiger partial charge >= 0.3 is 0 Å². The minimum Gasteiger partial charge on any atom is -0.378 e. The average Bonchev–Trinajstić information content (AvgIpc) is 2.33. The lowest BCUT2D eigenvalue weighted by Crippen LogP contribution is -2.08. The summed E-state index contributed by atoms with van der Waals surface area (Å²) in [6.45, 7) is 0. The van der Waals surface area contributed by atoms with E-state index in [1.807, 2.05) is 0 Å². The van der Waals surface area contributed by atoms with Crippen LogP contribution in [0.4, 0.5) is 5.69 Å². The maximum absolute atomic E-state index is 2.33. The van der Waals surface area contributed by atoms with Crippen molar-refractivity contribution in [3.63, 3.8) is 0 Å². The van der Waals surface area contributed by atoms with Gasteiger partial charge in [0.2, 0.25) is 0 Å². The first-order chi connectivity index (χ1) is 8.15. The molecular weight excluding hydrogens is 321 g/mol. The Morgan fingerprint density at radius 2 is 1.29 bits per heavy atom. The molecule has 0 unspecified atom stereocenters. The van der Waals surface area contributed by atoms with E-state index in [1.165, 1.54) is 20.4 Å². The molecule has 2 rings (SSSR count). The van der Waals surface area contributed by atoms with Crippen molar-refractivity contribution >= 4 is 28.3 Å². The molecule has 0 fully saturated rings. The first-order valence-electron chi connectivity index (χ1n) is 5.66. The SMILES string of the molecule is CN(C)c1ccc(Cc2ccc(I)cc2)cc1. The van der Waals surface area contributed by atoms with Gasteiger partial charge in [-0.1, -0.05) is 24.3 Å². The van der Waals surface area contributed by atoms with E-state index < -0.39 is 0 Å². The van der Waals surface area contributed by atoms with Crippen LogP contribution in [0.25, 0.3) is 0 Å². The second-order valence-electron chi connectivity index (χ2n) is 4.36. The molecule has 0 saturated carbocycles. The number of hydrogen-bond acceptors (Lipinski definition) is 1. The zero-order valence-electron chi connectivity index (χ0n) is 10.2. The highest BCUT2D eigenvalue weighted by Gasteiger charge is 1.98. The Bertz CT molecular complexity index is 471. The van der Waals surface area contributed by atoms with Crippen LogP contribution in [-0.2, 0) is 6.42 Å². The minimum atomic E-state index is 1.00. The molecule has 17 heavy (non-hydrogen) atoms. The summed E-state index contributed by atoms with van der Waals surface area (Å²) in [5.74, 6) is 0. The third-order valence-electron chi connectivity index (χ3n) is 2.77. The van der Waals surface area contributed by atoms with Gasteiger partial charge in [0.25, 0.3) is 0 Å². The molecule has 2 aromatic rings. The number of rotatable bonds is 3. The Hall–Kier alpha value is -1.03. The maximum Gasteiger partial charge on any atom is 0.0361 e. The van der Waals surface area contributed by atoms with Gasteiger partial charge in [-0.3, -0.25) is 0 Å². The first kappa shape index (κ1) is 12.4. The van der Waals surface area contributed by atoms with E-state index in [0.29, 0.717) is 0 Å². The van der Waals surface area contributed by atoms with E-state index in [1.54, 1.807) is 0 Å². The number of anilines is 1. The highest BCUT2D eigenvalue weighted by molar-refractivity contribution is 14.1. The molecule has 0 aromatic heterocycles. The van der Waals surface area contributed by atoms with Gasteiger partial charge in [-0.2, -0.15) is 0 Å². The van der Waals surface area contributed by atoms with E-state index in [9.17, 15) is 0 Å². The second kappa shape index (κ2) is 5.54. The third-order valence-corrected chi connectivity index (χ3v) is 3.49. The zero-order chi connectivity index (χ0) is 12.3. The van der Waals surface area contributed by atoms with Crippen LogP contribution >= 0.6 is 22.6 Å². The fourth-order valence-electron chi connectivity index (χ4n) is 1.75. The number of benzene rings is 2. The minimum absolute atomic E-state index is 1.00. The summed E-state index contributed by atoms with van der Waals surface area (Å²) in [5, 5.41) is 0. The molecule has 0 N–H and O–H groups in total. The average molecular weight is 337 g/mol. The van der Waals surface area contributed by atoms with Crippen LogP contribution < -0.4 is 4.90 Å². The Kier molecular flexibility index (Phi) is 4.05. The van der Waals surface area contributed by atoms with E-state index in [0.717, 1.165) is 6.42 Å². The molecule has 0 amide bonds. The topological polar surface area (TPSA) is 3.24 Å². The molecule has 2 aromatic carbocycles.